The quantitative estimate of drug-likeness (QED) is 0.627. The molecular formula is C22H23NO8S. The fourth-order valence-electron chi connectivity index (χ4n) is 3.25. The number of benzene rings is 2. The van der Waals surface area contributed by atoms with Gasteiger partial charge in [0.25, 0.3) is 0 Å². The fraction of sp³-hybridized carbons (Fsp3) is 0.318. The van der Waals surface area contributed by atoms with Gasteiger partial charge in [-0.1, -0.05) is 36.4 Å². The molecule has 1 aliphatic rings. The minimum atomic E-state index is -3.89. The van der Waals surface area contributed by atoms with Gasteiger partial charge in [0, 0.05) is 5.39 Å². The molecule has 2 aromatic carbocycles. The van der Waals surface area contributed by atoms with E-state index in [-0.39, 0.29) is 9.80 Å². The predicted molar refractivity (Wildman–Crippen MR) is 115 cm³/mol. The topological polar surface area (TPSA) is 136 Å². The molecule has 3 rings (SSSR count). The average molecular weight is 461 g/mol. The molecule has 0 spiro atoms. The molecule has 2 aromatic rings. The van der Waals surface area contributed by atoms with Crippen molar-refractivity contribution in [2.24, 2.45) is 0 Å². The molecule has 1 atom stereocenters. The number of hydrogen-bond acceptors (Lipinski definition) is 7. The van der Waals surface area contributed by atoms with Crippen LogP contribution in [0.1, 0.15) is 32.8 Å². The third kappa shape index (κ3) is 5.08. The third-order valence-corrected chi connectivity index (χ3v) is 6.49. The van der Waals surface area contributed by atoms with Gasteiger partial charge in [0.05, 0.1) is 16.2 Å². The maximum absolute atomic E-state index is 13.0. The first-order valence-electron chi connectivity index (χ1n) is 9.74. The predicted octanol–water partition coefficient (Wildman–Crippen LogP) is 2.88. The van der Waals surface area contributed by atoms with Gasteiger partial charge in [0.2, 0.25) is 9.84 Å². The molecule has 0 aliphatic carbocycles. The van der Waals surface area contributed by atoms with Crippen LogP contribution in [0, 0.1) is 0 Å². The van der Waals surface area contributed by atoms with Crippen LogP contribution in [0.15, 0.2) is 46.2 Å². The number of amides is 1. The molecule has 1 amide bonds. The van der Waals surface area contributed by atoms with Crippen LogP contribution < -0.4 is 5.32 Å². The largest absolute Gasteiger partial charge is 0.480 e. The Morgan fingerprint density at radius 3 is 2.44 bits per heavy atom. The van der Waals surface area contributed by atoms with E-state index in [0.29, 0.717) is 10.9 Å². The van der Waals surface area contributed by atoms with Crippen LogP contribution in [0.2, 0.25) is 0 Å². The lowest BCUT2D eigenvalue weighted by atomic mass is 10.1. The molecule has 0 radical (unpaired) electrons. The first-order chi connectivity index (χ1) is 14.9. The standard InChI is InChI=1S/C22H23NO8S/c1-22(2,3)31-18(24)11-17(20(25)26)23-21(27)30-12-15-10-14-9-8-13-6-4-5-7-16(13)19(14)32(15,28)29/h4-10,17H,11-12H2,1-3H3,(H,23,27)(H,25,26)/t17-/m0/s1. The van der Waals surface area contributed by atoms with E-state index in [1.165, 1.54) is 6.08 Å². The van der Waals surface area contributed by atoms with E-state index in [2.05, 4.69) is 5.32 Å². The second-order valence-electron chi connectivity index (χ2n) is 8.22. The zero-order valence-corrected chi connectivity index (χ0v) is 18.6. The highest BCUT2D eigenvalue weighted by molar-refractivity contribution is 7.96. The van der Waals surface area contributed by atoms with Gasteiger partial charge in [-0.2, -0.15) is 0 Å². The highest BCUT2D eigenvalue weighted by Gasteiger charge is 2.33. The monoisotopic (exact) mass is 461 g/mol. The molecular weight excluding hydrogens is 438 g/mol. The lowest BCUT2D eigenvalue weighted by Crippen LogP contribution is -2.43. The lowest BCUT2D eigenvalue weighted by Gasteiger charge is -2.21. The van der Waals surface area contributed by atoms with Crippen LogP contribution in [-0.2, 0) is 28.9 Å². The summed E-state index contributed by atoms with van der Waals surface area (Å²) in [5.74, 6) is -2.27. The second-order valence-corrected chi connectivity index (χ2v) is 10.2. The molecule has 0 saturated heterocycles. The van der Waals surface area contributed by atoms with Crippen LogP contribution in [-0.4, -0.2) is 49.8 Å². The maximum Gasteiger partial charge on any atom is 0.408 e. The molecule has 0 aromatic heterocycles. The van der Waals surface area contributed by atoms with Crippen molar-refractivity contribution in [3.8, 4) is 0 Å². The highest BCUT2D eigenvalue weighted by atomic mass is 32.2. The Hall–Kier alpha value is -3.40. The molecule has 2 N–H and O–H groups in total. The van der Waals surface area contributed by atoms with Gasteiger partial charge in [0.1, 0.15) is 18.2 Å². The SMILES string of the molecule is CC(C)(C)OC(=O)C[C@H](NC(=O)OCC1=Cc2ccc3ccccc3c2S1(=O)=O)C(=O)O. The van der Waals surface area contributed by atoms with Crippen molar-refractivity contribution >= 4 is 44.7 Å². The zero-order chi connectivity index (χ0) is 23.7. The number of carbonyl (C=O) groups is 3. The Morgan fingerprint density at radius 2 is 1.78 bits per heavy atom. The molecule has 0 unspecified atom stereocenters. The number of sulfone groups is 1. The van der Waals surface area contributed by atoms with Gasteiger partial charge in [-0.25, -0.2) is 18.0 Å². The van der Waals surface area contributed by atoms with Gasteiger partial charge >= 0.3 is 18.0 Å². The number of carboxylic acids is 1. The summed E-state index contributed by atoms with van der Waals surface area (Å²) in [4.78, 5) is 35.4. The summed E-state index contributed by atoms with van der Waals surface area (Å²) in [5, 5.41) is 12.6. The summed E-state index contributed by atoms with van der Waals surface area (Å²) >= 11 is 0. The van der Waals surface area contributed by atoms with Crippen molar-refractivity contribution < 1.29 is 37.4 Å². The Morgan fingerprint density at radius 1 is 1.09 bits per heavy atom. The van der Waals surface area contributed by atoms with Gasteiger partial charge < -0.3 is 19.9 Å². The number of carboxylic acid groups (broad SMARTS) is 1. The Labute approximate surface area is 184 Å². The maximum atomic E-state index is 13.0. The third-order valence-electron chi connectivity index (χ3n) is 4.57. The van der Waals surface area contributed by atoms with Crippen LogP contribution in [0.5, 0.6) is 0 Å². The van der Waals surface area contributed by atoms with E-state index in [1.807, 2.05) is 0 Å². The minimum absolute atomic E-state index is 0.127. The molecule has 0 saturated carbocycles. The highest BCUT2D eigenvalue weighted by Crippen LogP contribution is 2.38. The van der Waals surface area contributed by atoms with Crippen molar-refractivity contribution in [1.82, 2.24) is 5.32 Å². The van der Waals surface area contributed by atoms with Crippen LogP contribution in [0.3, 0.4) is 0 Å². The normalized spacial score (nSPS) is 15.4. The second kappa shape index (κ2) is 8.62. The van der Waals surface area contributed by atoms with Gasteiger partial charge in [-0.3, -0.25) is 4.79 Å². The Bertz CT molecular complexity index is 1220. The van der Waals surface area contributed by atoms with E-state index in [4.69, 9.17) is 9.47 Å². The van der Waals surface area contributed by atoms with Crippen LogP contribution in [0.25, 0.3) is 16.8 Å². The number of hydrogen-bond donors (Lipinski definition) is 2. The molecule has 9 nitrogen and oxygen atoms in total. The Balaban J connectivity index is 1.67. The van der Waals surface area contributed by atoms with E-state index < -0.39 is 52.5 Å². The first-order valence-corrected chi connectivity index (χ1v) is 11.2. The van der Waals surface area contributed by atoms with Crippen LogP contribution >= 0.6 is 0 Å². The summed E-state index contributed by atoms with van der Waals surface area (Å²) in [7, 11) is -3.89. The zero-order valence-electron chi connectivity index (χ0n) is 17.7. The number of alkyl carbamates (subject to hydrolysis) is 1. The molecule has 0 bridgehead atoms. The van der Waals surface area contributed by atoms with E-state index >= 15 is 0 Å². The molecule has 170 valence electrons. The van der Waals surface area contributed by atoms with Gasteiger partial charge in [-0.15, -0.1) is 0 Å². The lowest BCUT2D eigenvalue weighted by molar-refractivity contribution is -0.158. The number of rotatable bonds is 6. The molecule has 1 aliphatic heterocycles. The van der Waals surface area contributed by atoms with Gasteiger partial charge in [-0.05, 0) is 37.8 Å². The first kappa shape index (κ1) is 23.3. The Kier molecular flexibility index (Phi) is 6.27. The van der Waals surface area contributed by atoms with Crippen LogP contribution in [0.4, 0.5) is 4.79 Å². The molecule has 32 heavy (non-hydrogen) atoms. The van der Waals surface area contributed by atoms with Crippen molar-refractivity contribution in [2.75, 3.05) is 6.61 Å². The summed E-state index contributed by atoms with van der Waals surface area (Å²) in [5.41, 5.74) is -0.334. The number of carbonyl (C=O) groups excluding carboxylic acids is 2. The minimum Gasteiger partial charge on any atom is -0.480 e. The summed E-state index contributed by atoms with van der Waals surface area (Å²) in [6.45, 7) is 4.29. The smallest absolute Gasteiger partial charge is 0.408 e. The molecule has 0 fully saturated rings. The number of esters is 1. The number of ether oxygens (including phenoxy) is 2. The van der Waals surface area contributed by atoms with E-state index in [1.54, 1.807) is 57.2 Å². The van der Waals surface area contributed by atoms with E-state index in [0.717, 1.165) is 5.39 Å². The fourth-order valence-corrected chi connectivity index (χ4v) is 4.92. The van der Waals surface area contributed by atoms with Crippen molar-refractivity contribution in [3.05, 3.63) is 46.9 Å². The molecule has 1 heterocycles. The van der Waals surface area contributed by atoms with Crippen molar-refractivity contribution in [1.29, 1.82) is 0 Å². The van der Waals surface area contributed by atoms with Crippen molar-refractivity contribution in [3.63, 3.8) is 0 Å². The average Bonchev–Trinajstić information content (AvgIpc) is 2.94. The van der Waals surface area contributed by atoms with Gasteiger partial charge in [0.15, 0.2) is 0 Å². The summed E-state index contributed by atoms with van der Waals surface area (Å²) in [6.07, 6.45) is -0.363. The number of nitrogens with one attached hydrogen (secondary N) is 1. The number of fused-ring (bicyclic) bond motifs is 3. The number of aliphatic carboxylic acids is 1. The van der Waals surface area contributed by atoms with E-state index in [9.17, 15) is 27.9 Å². The summed E-state index contributed by atoms with van der Waals surface area (Å²) in [6, 6.07) is 8.90. The molecule has 10 heteroatoms. The van der Waals surface area contributed by atoms with Crippen molar-refractivity contribution in [2.45, 2.75) is 43.7 Å². The summed E-state index contributed by atoms with van der Waals surface area (Å²) < 4.78 is 36.0.